The number of nitrogens with zero attached hydrogens (tertiary/aromatic N) is 3. The highest BCUT2D eigenvalue weighted by molar-refractivity contribution is 7.98. The summed E-state index contributed by atoms with van der Waals surface area (Å²) in [5.74, 6) is 1.21. The molecule has 0 fully saturated rings. The predicted molar refractivity (Wildman–Crippen MR) is 119 cm³/mol. The molecule has 0 spiro atoms. The van der Waals surface area contributed by atoms with Crippen LogP contribution in [0, 0.1) is 0 Å². The average Bonchev–Trinajstić information content (AvgIpc) is 3.11. The van der Waals surface area contributed by atoms with Crippen LogP contribution in [0.15, 0.2) is 66.3 Å². The largest absolute Gasteiger partial charge is 0.342 e. The van der Waals surface area contributed by atoms with Crippen LogP contribution in [0.2, 0.25) is 10.0 Å². The molecule has 1 N–H and O–H groups in total. The molecule has 5 nitrogen and oxygen atoms in total. The Bertz CT molecular complexity index is 987. The van der Waals surface area contributed by atoms with Gasteiger partial charge in [0.1, 0.15) is 0 Å². The lowest BCUT2D eigenvalue weighted by Gasteiger charge is -2.15. The molecule has 3 rings (SSSR count). The Kier molecular flexibility index (Phi) is 7.36. The van der Waals surface area contributed by atoms with Gasteiger partial charge in [0, 0.05) is 27.9 Å². The molecule has 0 bridgehead atoms. The lowest BCUT2D eigenvalue weighted by molar-refractivity contribution is 0.0937. The molecule has 8 heteroatoms. The summed E-state index contributed by atoms with van der Waals surface area (Å²) in [4.78, 5) is 12.5. The van der Waals surface area contributed by atoms with Gasteiger partial charge in [0.15, 0.2) is 11.0 Å². The first-order chi connectivity index (χ1) is 14.0. The summed E-state index contributed by atoms with van der Waals surface area (Å²) in [6.07, 6.45) is 1.78. The third-order valence-corrected chi connectivity index (χ3v) is 5.72. The van der Waals surface area contributed by atoms with E-state index < -0.39 is 0 Å². The first-order valence-electron chi connectivity index (χ1n) is 8.95. The van der Waals surface area contributed by atoms with Crippen molar-refractivity contribution in [1.82, 2.24) is 20.1 Å². The fourth-order valence-corrected chi connectivity index (χ4v) is 3.86. The third-order valence-electron chi connectivity index (χ3n) is 4.18. The Morgan fingerprint density at radius 1 is 1.14 bits per heavy atom. The lowest BCUT2D eigenvalue weighted by atomic mass is 10.2. The lowest BCUT2D eigenvalue weighted by Crippen LogP contribution is -2.28. The molecule has 1 amide bonds. The van der Waals surface area contributed by atoms with Crippen molar-refractivity contribution in [3.05, 3.63) is 88.2 Å². The second kappa shape index (κ2) is 9.96. The van der Waals surface area contributed by atoms with Crippen molar-refractivity contribution >= 4 is 40.9 Å². The SMILES string of the molecule is C=CCn1c(SCc2ccc(Cl)cc2)nnc1[C@H](C)NC(=O)c1ccc(Cl)cc1. The highest BCUT2D eigenvalue weighted by atomic mass is 35.5. The van der Waals surface area contributed by atoms with E-state index in [9.17, 15) is 4.79 Å². The van der Waals surface area contributed by atoms with Crippen molar-refractivity contribution in [2.45, 2.75) is 30.4 Å². The quantitative estimate of drug-likeness (QED) is 0.363. The van der Waals surface area contributed by atoms with Crippen LogP contribution in [0.4, 0.5) is 0 Å². The Labute approximate surface area is 184 Å². The monoisotopic (exact) mass is 446 g/mol. The predicted octanol–water partition coefficient (Wildman–Crippen LogP) is 5.55. The number of allylic oxidation sites excluding steroid dienone is 1. The van der Waals surface area contributed by atoms with E-state index in [0.29, 0.717) is 28.0 Å². The van der Waals surface area contributed by atoms with E-state index in [1.54, 1.807) is 42.1 Å². The smallest absolute Gasteiger partial charge is 0.251 e. The number of thioether (sulfide) groups is 1. The van der Waals surface area contributed by atoms with E-state index in [1.807, 2.05) is 35.8 Å². The summed E-state index contributed by atoms with van der Waals surface area (Å²) >= 11 is 13.4. The van der Waals surface area contributed by atoms with Crippen molar-refractivity contribution in [3.63, 3.8) is 0 Å². The molecular weight excluding hydrogens is 427 g/mol. The molecule has 0 unspecified atom stereocenters. The normalized spacial score (nSPS) is 11.8. The number of halogens is 2. The van der Waals surface area contributed by atoms with Crippen molar-refractivity contribution < 1.29 is 4.79 Å². The Balaban J connectivity index is 1.72. The van der Waals surface area contributed by atoms with E-state index in [1.165, 1.54) is 0 Å². The minimum absolute atomic E-state index is 0.197. The molecule has 0 saturated heterocycles. The number of hydrogen-bond donors (Lipinski definition) is 1. The number of nitrogens with one attached hydrogen (secondary N) is 1. The maximum Gasteiger partial charge on any atom is 0.251 e. The molecule has 2 aromatic carbocycles. The van der Waals surface area contributed by atoms with Crippen LogP contribution in [0.1, 0.15) is 34.7 Å². The average molecular weight is 447 g/mol. The molecule has 0 aliphatic rings. The summed E-state index contributed by atoms with van der Waals surface area (Å²) in [5.41, 5.74) is 1.67. The standard InChI is InChI=1S/C21H20Cl2N4OS/c1-3-12-27-19(14(2)24-20(28)16-6-10-18(23)11-7-16)25-26-21(27)29-13-15-4-8-17(22)9-5-15/h3-11,14H,1,12-13H2,2H3,(H,24,28)/t14-/m0/s1. The first kappa shape index (κ1) is 21.4. The topological polar surface area (TPSA) is 59.8 Å². The van der Waals surface area contributed by atoms with E-state index in [2.05, 4.69) is 22.1 Å². The van der Waals surface area contributed by atoms with Crippen LogP contribution in [-0.4, -0.2) is 20.7 Å². The van der Waals surface area contributed by atoms with Gasteiger partial charge in [0.05, 0.1) is 6.04 Å². The van der Waals surface area contributed by atoms with Crippen molar-refractivity contribution in [1.29, 1.82) is 0 Å². The number of hydrogen-bond acceptors (Lipinski definition) is 4. The Hall–Kier alpha value is -2.28. The number of rotatable bonds is 8. The van der Waals surface area contributed by atoms with Crippen LogP contribution >= 0.6 is 35.0 Å². The molecule has 1 aromatic heterocycles. The maximum atomic E-state index is 12.5. The van der Waals surface area contributed by atoms with Crippen molar-refractivity contribution in [3.8, 4) is 0 Å². The fraction of sp³-hybridized carbons (Fsp3) is 0.190. The van der Waals surface area contributed by atoms with Crippen molar-refractivity contribution in [2.24, 2.45) is 0 Å². The van der Waals surface area contributed by atoms with Crippen molar-refractivity contribution in [2.75, 3.05) is 0 Å². The van der Waals surface area contributed by atoms with E-state index in [-0.39, 0.29) is 11.9 Å². The minimum atomic E-state index is -0.324. The van der Waals surface area contributed by atoms with Crippen LogP contribution in [-0.2, 0) is 12.3 Å². The van der Waals surface area contributed by atoms with Gasteiger partial charge in [-0.05, 0) is 48.9 Å². The molecule has 3 aromatic rings. The number of carbonyl (C=O) groups is 1. The van der Waals surface area contributed by atoms with Gasteiger partial charge in [-0.1, -0.05) is 53.2 Å². The van der Waals surface area contributed by atoms with Crippen LogP contribution < -0.4 is 5.32 Å². The molecule has 0 aliphatic carbocycles. The van der Waals surface area contributed by atoms with Gasteiger partial charge in [-0.3, -0.25) is 4.79 Å². The minimum Gasteiger partial charge on any atom is -0.342 e. The molecule has 0 saturated carbocycles. The Morgan fingerprint density at radius 3 is 2.38 bits per heavy atom. The molecule has 29 heavy (non-hydrogen) atoms. The number of aromatic nitrogens is 3. The number of benzene rings is 2. The maximum absolute atomic E-state index is 12.5. The summed E-state index contributed by atoms with van der Waals surface area (Å²) in [6, 6.07) is 14.1. The summed E-state index contributed by atoms with van der Waals surface area (Å²) in [7, 11) is 0. The van der Waals surface area contributed by atoms with Crippen LogP contribution in [0.3, 0.4) is 0 Å². The van der Waals surface area contributed by atoms with E-state index in [4.69, 9.17) is 23.2 Å². The molecule has 1 atom stereocenters. The van der Waals surface area contributed by atoms with Gasteiger partial charge >= 0.3 is 0 Å². The highest BCUT2D eigenvalue weighted by Crippen LogP contribution is 2.25. The number of carbonyl (C=O) groups excluding carboxylic acids is 1. The van der Waals surface area contributed by atoms with Crippen LogP contribution in [0.5, 0.6) is 0 Å². The first-order valence-corrected chi connectivity index (χ1v) is 10.7. The third kappa shape index (κ3) is 5.63. The second-order valence-corrected chi connectivity index (χ2v) is 8.17. The zero-order valence-corrected chi connectivity index (χ0v) is 18.1. The second-order valence-electron chi connectivity index (χ2n) is 6.36. The fourth-order valence-electron chi connectivity index (χ4n) is 2.70. The van der Waals surface area contributed by atoms with Gasteiger partial charge in [-0.15, -0.1) is 16.8 Å². The Morgan fingerprint density at radius 2 is 1.76 bits per heavy atom. The zero-order chi connectivity index (χ0) is 20.8. The molecule has 150 valence electrons. The van der Waals surface area contributed by atoms with Gasteiger partial charge in [0.25, 0.3) is 5.91 Å². The van der Waals surface area contributed by atoms with E-state index in [0.717, 1.165) is 16.5 Å². The van der Waals surface area contributed by atoms with Gasteiger partial charge in [0.2, 0.25) is 0 Å². The zero-order valence-electron chi connectivity index (χ0n) is 15.8. The van der Waals surface area contributed by atoms with E-state index >= 15 is 0 Å². The van der Waals surface area contributed by atoms with Gasteiger partial charge in [-0.25, -0.2) is 0 Å². The molecule has 1 heterocycles. The number of amides is 1. The summed E-state index contributed by atoms with van der Waals surface area (Å²) in [5, 5.41) is 13.6. The van der Waals surface area contributed by atoms with Crippen LogP contribution in [0.25, 0.3) is 0 Å². The van der Waals surface area contributed by atoms with Gasteiger partial charge < -0.3 is 9.88 Å². The summed E-state index contributed by atoms with van der Waals surface area (Å²) in [6.45, 7) is 6.25. The highest BCUT2D eigenvalue weighted by Gasteiger charge is 2.20. The molecular formula is C21H20Cl2N4OS. The molecule has 0 aliphatic heterocycles. The van der Waals surface area contributed by atoms with Gasteiger partial charge in [-0.2, -0.15) is 0 Å². The molecule has 0 radical (unpaired) electrons. The summed E-state index contributed by atoms with van der Waals surface area (Å²) < 4.78 is 1.96.